The first-order valence-electron chi connectivity index (χ1n) is 8.58. The Kier molecular flexibility index (Phi) is 6.54. The highest BCUT2D eigenvalue weighted by atomic mass is 32.2. The maximum Gasteiger partial charge on any atom is 0.208 e. The molecule has 1 aromatic heterocycles. The number of hydrogen-bond acceptors (Lipinski definition) is 7. The summed E-state index contributed by atoms with van der Waals surface area (Å²) < 4.78 is 16.2. The van der Waals surface area contributed by atoms with Crippen LogP contribution in [0.3, 0.4) is 0 Å². The van der Waals surface area contributed by atoms with Crippen molar-refractivity contribution in [1.29, 1.82) is 0 Å². The molecule has 1 N–H and O–H groups in total. The van der Waals surface area contributed by atoms with Crippen molar-refractivity contribution in [1.82, 2.24) is 15.2 Å². The second kappa shape index (κ2) is 9.27. The number of H-pyrrole nitrogens is 1. The number of aryl methyl sites for hydroxylation is 1. The van der Waals surface area contributed by atoms with Crippen LogP contribution in [0.2, 0.25) is 0 Å². The molecule has 146 valence electrons. The van der Waals surface area contributed by atoms with Crippen molar-refractivity contribution in [2.45, 2.75) is 18.7 Å². The number of ketones is 1. The Morgan fingerprint density at radius 1 is 1.07 bits per heavy atom. The summed E-state index contributed by atoms with van der Waals surface area (Å²) in [5.74, 6) is 2.67. The Balaban J connectivity index is 1.55. The number of Topliss-reactive ketones (excluding diaryl/α,β-unsaturated/α-hetero) is 1. The molecule has 0 bridgehead atoms. The van der Waals surface area contributed by atoms with E-state index >= 15 is 0 Å². The van der Waals surface area contributed by atoms with E-state index in [4.69, 9.17) is 14.2 Å². The standard InChI is InChI=1S/C20H21N3O4S/c1-13-6-4-5-7-16(13)27-11-19-21-20(23-22-19)28-12-15(24)14-8-9-17(25-2)18(10-14)26-3/h4-10H,11-12H2,1-3H3,(H,21,22,23). The van der Waals surface area contributed by atoms with E-state index in [2.05, 4.69) is 15.2 Å². The molecule has 0 spiro atoms. The minimum atomic E-state index is -0.0477. The number of aromatic nitrogens is 3. The second-order valence-corrected chi connectivity index (χ2v) is 6.84. The molecule has 0 aliphatic heterocycles. The summed E-state index contributed by atoms with van der Waals surface area (Å²) in [7, 11) is 3.09. The van der Waals surface area contributed by atoms with Gasteiger partial charge in [-0.25, -0.2) is 4.98 Å². The van der Waals surface area contributed by atoms with Crippen molar-refractivity contribution < 1.29 is 19.0 Å². The number of ether oxygens (including phenoxy) is 3. The van der Waals surface area contributed by atoms with Crippen molar-refractivity contribution in [3.8, 4) is 17.2 Å². The zero-order valence-corrected chi connectivity index (χ0v) is 16.7. The third kappa shape index (κ3) is 4.83. The molecule has 0 aliphatic carbocycles. The minimum absolute atomic E-state index is 0.0477. The maximum atomic E-state index is 12.4. The van der Waals surface area contributed by atoms with Crippen LogP contribution in [-0.4, -0.2) is 40.9 Å². The third-order valence-corrected chi connectivity index (χ3v) is 4.85. The summed E-state index contributed by atoms with van der Waals surface area (Å²) >= 11 is 1.26. The summed E-state index contributed by atoms with van der Waals surface area (Å²) in [6, 6.07) is 12.9. The van der Waals surface area contributed by atoms with Crippen LogP contribution in [0.1, 0.15) is 21.7 Å². The molecule has 0 atom stereocenters. The first kappa shape index (κ1) is 19.8. The van der Waals surface area contributed by atoms with E-state index in [9.17, 15) is 4.79 Å². The zero-order valence-electron chi connectivity index (χ0n) is 15.9. The van der Waals surface area contributed by atoms with Crippen molar-refractivity contribution in [2.75, 3.05) is 20.0 Å². The van der Waals surface area contributed by atoms with Gasteiger partial charge in [-0.2, -0.15) is 0 Å². The number of para-hydroxylation sites is 1. The van der Waals surface area contributed by atoms with Crippen LogP contribution in [0, 0.1) is 6.92 Å². The Bertz CT molecular complexity index is 958. The Morgan fingerprint density at radius 3 is 2.61 bits per heavy atom. The highest BCUT2D eigenvalue weighted by Crippen LogP contribution is 2.28. The summed E-state index contributed by atoms with van der Waals surface area (Å²) in [6.45, 7) is 2.26. The van der Waals surface area contributed by atoms with Gasteiger partial charge in [-0.1, -0.05) is 30.0 Å². The van der Waals surface area contributed by atoms with Crippen molar-refractivity contribution in [3.05, 3.63) is 59.4 Å². The second-order valence-electron chi connectivity index (χ2n) is 5.90. The van der Waals surface area contributed by atoms with E-state index in [-0.39, 0.29) is 18.1 Å². The molecule has 7 nitrogen and oxygen atoms in total. The fraction of sp³-hybridized carbons (Fsp3) is 0.250. The molecular weight excluding hydrogens is 378 g/mol. The van der Waals surface area contributed by atoms with E-state index in [1.165, 1.54) is 18.9 Å². The lowest BCUT2D eigenvalue weighted by Crippen LogP contribution is -2.03. The highest BCUT2D eigenvalue weighted by Gasteiger charge is 2.13. The molecule has 0 aliphatic rings. The largest absolute Gasteiger partial charge is 0.493 e. The molecule has 28 heavy (non-hydrogen) atoms. The molecule has 3 aromatic rings. The summed E-state index contributed by atoms with van der Waals surface area (Å²) in [5, 5.41) is 7.46. The molecule has 2 aromatic carbocycles. The third-order valence-electron chi connectivity index (χ3n) is 4.01. The zero-order chi connectivity index (χ0) is 19.9. The van der Waals surface area contributed by atoms with Crippen LogP contribution in [-0.2, 0) is 6.61 Å². The highest BCUT2D eigenvalue weighted by molar-refractivity contribution is 7.99. The Labute approximate surface area is 167 Å². The lowest BCUT2D eigenvalue weighted by molar-refractivity contribution is 0.102. The average molecular weight is 399 g/mol. The Hall–Kier alpha value is -3.00. The lowest BCUT2D eigenvalue weighted by Gasteiger charge is -2.08. The van der Waals surface area contributed by atoms with Gasteiger partial charge < -0.3 is 14.2 Å². The molecule has 3 rings (SSSR count). The van der Waals surface area contributed by atoms with Crippen molar-refractivity contribution >= 4 is 17.5 Å². The van der Waals surface area contributed by atoms with Gasteiger partial charge in [-0.3, -0.25) is 9.89 Å². The van der Waals surface area contributed by atoms with Crippen LogP contribution in [0.25, 0.3) is 0 Å². The number of thioether (sulfide) groups is 1. The van der Waals surface area contributed by atoms with Gasteiger partial charge in [0, 0.05) is 5.56 Å². The molecule has 0 fully saturated rings. The van der Waals surface area contributed by atoms with Gasteiger partial charge in [0.15, 0.2) is 23.1 Å². The average Bonchev–Trinajstić information content (AvgIpc) is 3.18. The van der Waals surface area contributed by atoms with Gasteiger partial charge in [0.05, 0.1) is 20.0 Å². The van der Waals surface area contributed by atoms with Gasteiger partial charge in [-0.15, -0.1) is 5.10 Å². The van der Waals surface area contributed by atoms with E-state index in [1.807, 2.05) is 31.2 Å². The predicted octanol–water partition coefficient (Wildman–Crippen LogP) is 3.68. The number of rotatable bonds is 9. The molecule has 0 unspecified atom stereocenters. The number of carbonyl (C=O) groups excluding carboxylic acids is 1. The lowest BCUT2D eigenvalue weighted by atomic mass is 10.1. The van der Waals surface area contributed by atoms with Crippen molar-refractivity contribution in [2.24, 2.45) is 0 Å². The molecular formula is C20H21N3O4S. The Morgan fingerprint density at radius 2 is 1.86 bits per heavy atom. The van der Waals surface area contributed by atoms with E-state index in [1.54, 1.807) is 25.3 Å². The molecule has 0 amide bonds. The van der Waals surface area contributed by atoms with Crippen LogP contribution >= 0.6 is 11.8 Å². The number of nitrogens with zero attached hydrogens (tertiary/aromatic N) is 2. The van der Waals surface area contributed by atoms with Gasteiger partial charge >= 0.3 is 0 Å². The molecule has 0 saturated heterocycles. The summed E-state index contributed by atoms with van der Waals surface area (Å²) in [6.07, 6.45) is 0. The number of benzene rings is 2. The fourth-order valence-corrected chi connectivity index (χ4v) is 3.21. The van der Waals surface area contributed by atoms with E-state index < -0.39 is 0 Å². The van der Waals surface area contributed by atoms with E-state index in [0.29, 0.717) is 28.0 Å². The molecule has 8 heteroatoms. The summed E-state index contributed by atoms with van der Waals surface area (Å²) in [5.41, 5.74) is 1.60. The van der Waals surface area contributed by atoms with Gasteiger partial charge in [0.1, 0.15) is 12.4 Å². The van der Waals surface area contributed by atoms with Crippen LogP contribution < -0.4 is 14.2 Å². The quantitative estimate of drug-likeness (QED) is 0.434. The van der Waals surface area contributed by atoms with Gasteiger partial charge in [-0.05, 0) is 36.8 Å². The molecule has 0 saturated carbocycles. The fourth-order valence-electron chi connectivity index (χ4n) is 2.49. The minimum Gasteiger partial charge on any atom is -0.493 e. The monoisotopic (exact) mass is 399 g/mol. The number of carbonyl (C=O) groups is 1. The molecule has 1 heterocycles. The maximum absolute atomic E-state index is 12.4. The number of hydrogen-bond donors (Lipinski definition) is 1. The topological polar surface area (TPSA) is 86.3 Å². The van der Waals surface area contributed by atoms with Gasteiger partial charge in [0.2, 0.25) is 5.16 Å². The first-order chi connectivity index (χ1) is 13.6. The summed E-state index contributed by atoms with van der Waals surface area (Å²) in [4.78, 5) is 16.8. The van der Waals surface area contributed by atoms with Crippen molar-refractivity contribution in [3.63, 3.8) is 0 Å². The number of nitrogens with one attached hydrogen (secondary N) is 1. The van der Waals surface area contributed by atoms with Gasteiger partial charge in [0.25, 0.3) is 0 Å². The normalized spacial score (nSPS) is 10.5. The van der Waals surface area contributed by atoms with Crippen LogP contribution in [0.5, 0.6) is 17.2 Å². The van der Waals surface area contributed by atoms with E-state index in [0.717, 1.165) is 11.3 Å². The smallest absolute Gasteiger partial charge is 0.208 e. The number of methoxy groups -OCH3 is 2. The van der Waals surface area contributed by atoms with Crippen LogP contribution in [0.15, 0.2) is 47.6 Å². The van der Waals surface area contributed by atoms with Crippen LogP contribution in [0.4, 0.5) is 0 Å². The first-order valence-corrected chi connectivity index (χ1v) is 9.57. The molecule has 0 radical (unpaired) electrons. The predicted molar refractivity (Wildman–Crippen MR) is 106 cm³/mol. The number of aromatic amines is 1. The SMILES string of the molecule is COc1ccc(C(=O)CSc2n[nH]c(COc3ccccc3C)n2)cc1OC.